The third-order valence-corrected chi connectivity index (χ3v) is 4.02. The Labute approximate surface area is 129 Å². The molecule has 0 radical (unpaired) electrons. The Kier molecular flexibility index (Phi) is 6.43. The lowest BCUT2D eigenvalue weighted by atomic mass is 10.0. The summed E-state index contributed by atoms with van der Waals surface area (Å²) in [4.78, 5) is 11.7. The number of hydrogen-bond donors (Lipinski definition) is 2. The third-order valence-electron chi connectivity index (χ3n) is 2.96. The van der Waals surface area contributed by atoms with Gasteiger partial charge in [-0.2, -0.15) is 0 Å². The number of benzene rings is 1. The summed E-state index contributed by atoms with van der Waals surface area (Å²) in [5, 5.41) is 13.3. The summed E-state index contributed by atoms with van der Waals surface area (Å²) in [6, 6.07) is 7.57. The molecule has 0 saturated heterocycles. The summed E-state index contributed by atoms with van der Waals surface area (Å²) in [5.41, 5.74) is 1.82. The number of rotatable bonds is 6. The van der Waals surface area contributed by atoms with E-state index in [2.05, 4.69) is 5.32 Å². The summed E-state index contributed by atoms with van der Waals surface area (Å²) in [5.74, 6) is -0.777. The van der Waals surface area contributed by atoms with Crippen LogP contribution in [0.3, 0.4) is 0 Å². The van der Waals surface area contributed by atoms with Gasteiger partial charge >= 0.3 is 5.97 Å². The number of carboxylic acid groups (broad SMARTS) is 1. The van der Waals surface area contributed by atoms with Gasteiger partial charge in [-0.3, -0.25) is 0 Å². The Morgan fingerprint density at radius 2 is 1.80 bits per heavy atom. The maximum absolute atomic E-state index is 11.3. The summed E-state index contributed by atoms with van der Waals surface area (Å²) >= 11 is 7.13. The first-order valence-corrected chi connectivity index (χ1v) is 8.00. The Morgan fingerprint density at radius 3 is 2.20 bits per heavy atom. The summed E-state index contributed by atoms with van der Waals surface area (Å²) < 4.78 is 0. The average Bonchev–Trinajstić information content (AvgIpc) is 2.38. The van der Waals surface area contributed by atoms with Gasteiger partial charge < -0.3 is 10.4 Å². The van der Waals surface area contributed by atoms with Gasteiger partial charge in [0.1, 0.15) is 4.91 Å². The standard InChI is InChI=1S/C15H20ClNO2S/c1-9(2)13(14(20-4)15(18)19)17-10(3)11-5-7-12(16)8-6-11/h5-10,17H,1-4H3,(H,18,19)/b14-13-. The predicted molar refractivity (Wildman–Crippen MR) is 86.0 cm³/mol. The van der Waals surface area contributed by atoms with E-state index in [4.69, 9.17) is 11.6 Å². The molecule has 0 fully saturated rings. The van der Waals surface area contributed by atoms with Crippen molar-refractivity contribution in [3.8, 4) is 0 Å². The first-order valence-electron chi connectivity index (χ1n) is 6.40. The van der Waals surface area contributed by atoms with Crippen molar-refractivity contribution in [1.29, 1.82) is 0 Å². The fourth-order valence-corrected chi connectivity index (χ4v) is 2.69. The van der Waals surface area contributed by atoms with Gasteiger partial charge in [-0.25, -0.2) is 4.79 Å². The fraction of sp³-hybridized carbons (Fsp3) is 0.400. The van der Waals surface area contributed by atoms with E-state index in [0.29, 0.717) is 9.93 Å². The Hall–Kier alpha value is -1.13. The summed E-state index contributed by atoms with van der Waals surface area (Å²) in [6.07, 6.45) is 1.78. The van der Waals surface area contributed by atoms with E-state index in [9.17, 15) is 9.90 Å². The zero-order chi connectivity index (χ0) is 15.3. The van der Waals surface area contributed by atoms with Crippen LogP contribution in [-0.2, 0) is 4.79 Å². The van der Waals surface area contributed by atoms with Crippen molar-refractivity contribution in [2.45, 2.75) is 26.8 Å². The number of carbonyl (C=O) groups is 1. The van der Waals surface area contributed by atoms with E-state index in [1.807, 2.05) is 45.0 Å². The number of aliphatic carboxylic acids is 1. The second-order valence-electron chi connectivity index (χ2n) is 4.82. The highest BCUT2D eigenvalue weighted by atomic mass is 35.5. The number of nitrogens with one attached hydrogen (secondary N) is 1. The summed E-state index contributed by atoms with van der Waals surface area (Å²) in [6.45, 7) is 5.97. The van der Waals surface area contributed by atoms with Crippen LogP contribution < -0.4 is 5.32 Å². The van der Waals surface area contributed by atoms with Crippen LogP contribution in [0.4, 0.5) is 0 Å². The Bertz CT molecular complexity index is 497. The van der Waals surface area contributed by atoms with E-state index in [1.54, 1.807) is 6.26 Å². The molecule has 3 nitrogen and oxygen atoms in total. The lowest BCUT2D eigenvalue weighted by molar-refractivity contribution is -0.131. The molecule has 1 unspecified atom stereocenters. The first-order chi connectivity index (χ1) is 9.36. The minimum atomic E-state index is -0.892. The maximum Gasteiger partial charge on any atom is 0.343 e. The highest BCUT2D eigenvalue weighted by Crippen LogP contribution is 2.25. The SMILES string of the molecule is CS/C(C(=O)O)=C(\NC(C)c1ccc(Cl)cc1)C(C)C. The van der Waals surface area contributed by atoms with Crippen molar-refractivity contribution in [2.24, 2.45) is 5.92 Å². The molecule has 0 spiro atoms. The number of thioether (sulfide) groups is 1. The third kappa shape index (κ3) is 4.46. The number of halogens is 1. The zero-order valence-electron chi connectivity index (χ0n) is 12.1. The van der Waals surface area contributed by atoms with E-state index in [-0.39, 0.29) is 12.0 Å². The highest BCUT2D eigenvalue weighted by Gasteiger charge is 2.18. The fourth-order valence-electron chi connectivity index (χ4n) is 1.87. The zero-order valence-corrected chi connectivity index (χ0v) is 13.7. The molecule has 1 aromatic rings. The largest absolute Gasteiger partial charge is 0.477 e. The number of allylic oxidation sites excluding steroid dienone is 1. The number of carboxylic acids is 1. The molecule has 5 heteroatoms. The van der Waals surface area contributed by atoms with E-state index in [1.165, 1.54) is 11.8 Å². The molecular formula is C15H20ClNO2S. The molecule has 0 aliphatic carbocycles. The molecule has 0 saturated carbocycles. The van der Waals surface area contributed by atoms with Gasteiger partial charge in [0.25, 0.3) is 0 Å². The first kappa shape index (κ1) is 16.9. The van der Waals surface area contributed by atoms with Gasteiger partial charge in [-0.05, 0) is 36.8 Å². The molecule has 1 aromatic carbocycles. The van der Waals surface area contributed by atoms with Gasteiger partial charge in [0.05, 0.1) is 0 Å². The van der Waals surface area contributed by atoms with Crippen LogP contribution in [0.1, 0.15) is 32.4 Å². The van der Waals surface area contributed by atoms with Gasteiger partial charge in [-0.1, -0.05) is 37.6 Å². The quantitative estimate of drug-likeness (QED) is 0.769. The van der Waals surface area contributed by atoms with Crippen LogP contribution in [-0.4, -0.2) is 17.3 Å². The van der Waals surface area contributed by atoms with Crippen molar-refractivity contribution >= 4 is 29.3 Å². The van der Waals surface area contributed by atoms with E-state index >= 15 is 0 Å². The normalized spacial score (nSPS) is 13.9. The lowest BCUT2D eigenvalue weighted by Gasteiger charge is -2.22. The van der Waals surface area contributed by atoms with Crippen LogP contribution in [0, 0.1) is 5.92 Å². The van der Waals surface area contributed by atoms with Gasteiger partial charge in [0, 0.05) is 16.8 Å². The van der Waals surface area contributed by atoms with E-state index < -0.39 is 5.97 Å². The molecule has 1 atom stereocenters. The van der Waals surface area contributed by atoms with Crippen LogP contribution in [0.15, 0.2) is 34.9 Å². The van der Waals surface area contributed by atoms with Crippen molar-refractivity contribution in [2.75, 3.05) is 6.26 Å². The molecular weight excluding hydrogens is 294 g/mol. The maximum atomic E-state index is 11.3. The summed E-state index contributed by atoms with van der Waals surface area (Å²) in [7, 11) is 0. The van der Waals surface area contributed by atoms with E-state index in [0.717, 1.165) is 11.3 Å². The smallest absolute Gasteiger partial charge is 0.343 e. The topological polar surface area (TPSA) is 49.3 Å². The average molecular weight is 314 g/mol. The minimum absolute atomic E-state index is 0.0196. The molecule has 2 N–H and O–H groups in total. The van der Waals surface area contributed by atoms with Gasteiger partial charge in [0.15, 0.2) is 0 Å². The molecule has 0 aromatic heterocycles. The van der Waals surface area contributed by atoms with Crippen LogP contribution in [0.25, 0.3) is 0 Å². The monoisotopic (exact) mass is 313 g/mol. The van der Waals surface area contributed by atoms with Crippen LogP contribution >= 0.6 is 23.4 Å². The lowest BCUT2D eigenvalue weighted by Crippen LogP contribution is -2.24. The van der Waals surface area contributed by atoms with Crippen LogP contribution in [0.5, 0.6) is 0 Å². The van der Waals surface area contributed by atoms with Crippen LogP contribution in [0.2, 0.25) is 5.02 Å². The molecule has 1 rings (SSSR count). The van der Waals surface area contributed by atoms with Crippen molar-refractivity contribution in [3.63, 3.8) is 0 Å². The second kappa shape index (κ2) is 7.60. The van der Waals surface area contributed by atoms with Gasteiger partial charge in [0.2, 0.25) is 0 Å². The molecule has 0 amide bonds. The number of hydrogen-bond acceptors (Lipinski definition) is 3. The molecule has 0 bridgehead atoms. The highest BCUT2D eigenvalue weighted by molar-refractivity contribution is 8.03. The molecule has 110 valence electrons. The molecule has 20 heavy (non-hydrogen) atoms. The minimum Gasteiger partial charge on any atom is -0.477 e. The molecule has 0 aliphatic rings. The molecule has 0 aliphatic heterocycles. The van der Waals surface area contributed by atoms with Crippen molar-refractivity contribution in [3.05, 3.63) is 45.5 Å². The molecule has 0 heterocycles. The Morgan fingerprint density at radius 1 is 1.25 bits per heavy atom. The van der Waals surface area contributed by atoms with Crippen molar-refractivity contribution in [1.82, 2.24) is 5.32 Å². The second-order valence-corrected chi connectivity index (χ2v) is 6.08. The van der Waals surface area contributed by atoms with Crippen molar-refractivity contribution < 1.29 is 9.90 Å². The predicted octanol–water partition coefficient (Wildman–Crippen LogP) is 4.31. The Balaban J connectivity index is 3.02. The van der Waals surface area contributed by atoms with Gasteiger partial charge in [-0.15, -0.1) is 11.8 Å².